The van der Waals surface area contributed by atoms with Crippen LogP contribution >= 0.6 is 0 Å². The van der Waals surface area contributed by atoms with E-state index in [0.717, 1.165) is 38.5 Å². The van der Waals surface area contributed by atoms with E-state index in [1.807, 2.05) is 0 Å². The van der Waals surface area contributed by atoms with E-state index >= 15 is 0 Å². The summed E-state index contributed by atoms with van der Waals surface area (Å²) in [4.78, 5) is 0. The molecule has 0 saturated heterocycles. The maximum absolute atomic E-state index is 11.7. The predicted molar refractivity (Wildman–Crippen MR) is 113 cm³/mol. The van der Waals surface area contributed by atoms with Crippen LogP contribution in [-0.4, -0.2) is 50.7 Å². The van der Waals surface area contributed by atoms with Gasteiger partial charge in [-0.1, -0.05) is 97.3 Å². The second kappa shape index (κ2) is 20.6. The SMILES string of the molecule is CCCCCCCCCCCCOS(=O)(=O)OC(C)CCCCCC.[NaH]. The Morgan fingerprint density at radius 3 is 1.62 bits per heavy atom. The van der Waals surface area contributed by atoms with Crippen molar-refractivity contribution in [3.63, 3.8) is 0 Å². The average Bonchev–Trinajstić information content (AvgIpc) is 2.56. The van der Waals surface area contributed by atoms with Gasteiger partial charge in [-0.3, -0.25) is 0 Å². The molecule has 0 rings (SSSR count). The Hall–Kier alpha value is 0.870. The molecule has 0 aromatic carbocycles. The zero-order valence-electron chi connectivity index (χ0n) is 16.9. The summed E-state index contributed by atoms with van der Waals surface area (Å²) >= 11 is 0. The van der Waals surface area contributed by atoms with Gasteiger partial charge in [-0.25, -0.2) is 8.37 Å². The minimum atomic E-state index is -3.83. The molecule has 0 heterocycles. The Morgan fingerprint density at radius 2 is 1.12 bits per heavy atom. The van der Waals surface area contributed by atoms with Crippen molar-refractivity contribution in [1.82, 2.24) is 0 Å². The zero-order valence-corrected chi connectivity index (χ0v) is 17.7. The van der Waals surface area contributed by atoms with E-state index in [1.165, 1.54) is 57.8 Å². The van der Waals surface area contributed by atoms with Crippen LogP contribution in [0, 0.1) is 0 Å². The van der Waals surface area contributed by atoms with Gasteiger partial charge in [0, 0.05) is 0 Å². The number of hydrogen-bond acceptors (Lipinski definition) is 4. The van der Waals surface area contributed by atoms with Crippen LogP contribution < -0.4 is 0 Å². The number of unbranched alkanes of at least 4 members (excludes halogenated alkanes) is 12. The van der Waals surface area contributed by atoms with E-state index in [0.29, 0.717) is 0 Å². The van der Waals surface area contributed by atoms with Crippen molar-refractivity contribution in [2.45, 2.75) is 123 Å². The Balaban J connectivity index is 0. The number of rotatable bonds is 19. The Bertz CT molecular complexity index is 374. The van der Waals surface area contributed by atoms with Crippen molar-refractivity contribution in [2.75, 3.05) is 6.61 Å². The monoisotopic (exact) mass is 402 g/mol. The second-order valence-corrected chi connectivity index (χ2v) is 8.41. The molecule has 0 fully saturated rings. The third kappa shape index (κ3) is 21.2. The van der Waals surface area contributed by atoms with Gasteiger partial charge < -0.3 is 0 Å². The van der Waals surface area contributed by atoms with Gasteiger partial charge in [0.15, 0.2) is 0 Å². The van der Waals surface area contributed by atoms with Crippen LogP contribution in [0.1, 0.15) is 117 Å². The van der Waals surface area contributed by atoms with Crippen LogP contribution in [0.2, 0.25) is 0 Å². The van der Waals surface area contributed by atoms with Gasteiger partial charge in [0.25, 0.3) is 0 Å². The molecule has 0 aliphatic rings. The molecule has 0 aromatic heterocycles. The first-order valence-electron chi connectivity index (χ1n) is 10.6. The standard InChI is InChI=1S/C20H42O4S.Na.H/c1-4-6-8-10-11-12-13-14-15-17-19-23-25(21,22)24-20(3)18-16-9-7-5-2;;/h20H,4-19H2,1-3H3;;. The third-order valence-electron chi connectivity index (χ3n) is 4.47. The van der Waals surface area contributed by atoms with Crippen molar-refractivity contribution in [2.24, 2.45) is 0 Å². The van der Waals surface area contributed by atoms with Crippen LogP contribution in [0.3, 0.4) is 0 Å². The van der Waals surface area contributed by atoms with Gasteiger partial charge in [0.1, 0.15) is 0 Å². The first kappa shape index (κ1) is 29.1. The van der Waals surface area contributed by atoms with Crippen molar-refractivity contribution in [1.29, 1.82) is 0 Å². The molecule has 154 valence electrons. The average molecular weight is 403 g/mol. The minimum absolute atomic E-state index is 0. The van der Waals surface area contributed by atoms with Crippen LogP contribution in [0.25, 0.3) is 0 Å². The van der Waals surface area contributed by atoms with Crippen LogP contribution in [-0.2, 0) is 18.8 Å². The van der Waals surface area contributed by atoms with E-state index in [9.17, 15) is 8.42 Å². The molecule has 0 amide bonds. The summed E-state index contributed by atoms with van der Waals surface area (Å²) in [6.07, 6.45) is 17.2. The quantitative estimate of drug-likeness (QED) is 0.199. The van der Waals surface area contributed by atoms with Gasteiger partial charge in [-0.05, 0) is 19.8 Å². The molecule has 0 spiro atoms. The summed E-state index contributed by atoms with van der Waals surface area (Å²) in [7, 11) is -3.83. The first-order valence-corrected chi connectivity index (χ1v) is 11.9. The third-order valence-corrected chi connectivity index (χ3v) is 5.49. The molecular weight excluding hydrogens is 359 g/mol. The predicted octanol–water partition coefficient (Wildman–Crippen LogP) is 5.90. The van der Waals surface area contributed by atoms with Crippen LogP contribution in [0.5, 0.6) is 0 Å². The zero-order chi connectivity index (χ0) is 18.8. The molecule has 0 bridgehead atoms. The fraction of sp³-hybridized carbons (Fsp3) is 1.00. The molecule has 1 unspecified atom stereocenters. The molecule has 6 heteroatoms. The molecule has 4 nitrogen and oxygen atoms in total. The van der Waals surface area contributed by atoms with Crippen molar-refractivity contribution >= 4 is 40.0 Å². The summed E-state index contributed by atoms with van der Waals surface area (Å²) in [6.45, 7) is 6.43. The van der Waals surface area contributed by atoms with E-state index in [1.54, 1.807) is 6.92 Å². The van der Waals surface area contributed by atoms with E-state index in [-0.39, 0.29) is 42.3 Å². The molecule has 0 aliphatic heterocycles. The normalized spacial score (nSPS) is 12.7. The molecule has 0 saturated carbocycles. The second-order valence-electron chi connectivity index (χ2n) is 7.17. The van der Waals surface area contributed by atoms with Gasteiger partial charge in [0.2, 0.25) is 0 Å². The fourth-order valence-electron chi connectivity index (χ4n) is 2.89. The van der Waals surface area contributed by atoms with Gasteiger partial charge in [0.05, 0.1) is 12.7 Å². The van der Waals surface area contributed by atoms with Crippen molar-refractivity contribution in [3.8, 4) is 0 Å². The Morgan fingerprint density at radius 1 is 0.692 bits per heavy atom. The Labute approximate surface area is 185 Å². The topological polar surface area (TPSA) is 52.6 Å². The summed E-state index contributed by atoms with van der Waals surface area (Å²) in [5.41, 5.74) is 0. The Kier molecular flexibility index (Phi) is 23.0. The van der Waals surface area contributed by atoms with E-state index in [4.69, 9.17) is 8.37 Å². The maximum atomic E-state index is 11.7. The molecule has 1 atom stereocenters. The van der Waals surface area contributed by atoms with Gasteiger partial charge in [-0.15, -0.1) is 0 Å². The van der Waals surface area contributed by atoms with Crippen LogP contribution in [0.4, 0.5) is 0 Å². The van der Waals surface area contributed by atoms with Gasteiger partial charge in [-0.2, -0.15) is 8.42 Å². The van der Waals surface area contributed by atoms with E-state index < -0.39 is 10.4 Å². The molecule has 0 radical (unpaired) electrons. The summed E-state index contributed by atoms with van der Waals surface area (Å²) < 4.78 is 33.5. The van der Waals surface area contributed by atoms with Crippen LogP contribution in [0.15, 0.2) is 0 Å². The molecule has 0 aliphatic carbocycles. The summed E-state index contributed by atoms with van der Waals surface area (Å²) in [5, 5.41) is 0. The number of hydrogen-bond donors (Lipinski definition) is 0. The molecular formula is C20H43NaO4S. The molecule has 0 aromatic rings. The van der Waals surface area contributed by atoms with Gasteiger partial charge >= 0.3 is 40.0 Å². The van der Waals surface area contributed by atoms with E-state index in [2.05, 4.69) is 13.8 Å². The fourth-order valence-corrected chi connectivity index (χ4v) is 3.76. The summed E-state index contributed by atoms with van der Waals surface area (Å²) in [5.74, 6) is 0. The molecule has 26 heavy (non-hydrogen) atoms. The summed E-state index contributed by atoms with van der Waals surface area (Å²) in [6, 6.07) is 0. The molecule has 0 N–H and O–H groups in total. The van der Waals surface area contributed by atoms with Crippen molar-refractivity contribution in [3.05, 3.63) is 0 Å². The van der Waals surface area contributed by atoms with Crippen molar-refractivity contribution < 1.29 is 16.8 Å². The first-order chi connectivity index (χ1) is 12.0.